The molecule has 0 radical (unpaired) electrons. The minimum absolute atomic E-state index is 0.291. The van der Waals surface area contributed by atoms with Crippen LogP contribution < -0.4 is 0 Å². The van der Waals surface area contributed by atoms with Gasteiger partial charge in [0.1, 0.15) is 18.3 Å². The van der Waals surface area contributed by atoms with E-state index < -0.39 is 24.6 Å². The van der Waals surface area contributed by atoms with Gasteiger partial charge in [-0.3, -0.25) is 0 Å². The number of rotatable bonds is 5. The van der Waals surface area contributed by atoms with E-state index in [4.69, 9.17) is 14.2 Å². The zero-order chi connectivity index (χ0) is 12.1. The van der Waals surface area contributed by atoms with Crippen molar-refractivity contribution < 1.29 is 24.4 Å². The van der Waals surface area contributed by atoms with E-state index in [-0.39, 0.29) is 6.10 Å². The quantitative estimate of drug-likeness (QED) is 0.669. The Bertz CT molecular complexity index is 199. The first-order chi connectivity index (χ1) is 7.61. The molecule has 5 atom stereocenters. The van der Waals surface area contributed by atoms with Gasteiger partial charge in [0.15, 0.2) is 6.29 Å². The zero-order valence-electron chi connectivity index (χ0n) is 10.1. The monoisotopic (exact) mass is 234 g/mol. The predicted molar refractivity (Wildman–Crippen MR) is 58.0 cm³/mol. The Balaban J connectivity index is 2.50. The molecule has 0 aromatic carbocycles. The lowest BCUT2D eigenvalue weighted by atomic mass is 10.00. The molecule has 1 fully saturated rings. The molecule has 5 heteroatoms. The fraction of sp³-hybridized carbons (Fsp3) is 1.00. The van der Waals surface area contributed by atoms with Gasteiger partial charge < -0.3 is 24.4 Å². The third-order valence-electron chi connectivity index (χ3n) is 2.82. The Morgan fingerprint density at radius 2 is 1.94 bits per heavy atom. The number of methoxy groups -OCH3 is 1. The Labute approximate surface area is 96.3 Å². The number of aliphatic hydroxyl groups is 2. The van der Waals surface area contributed by atoms with Gasteiger partial charge in [-0.25, -0.2) is 0 Å². The summed E-state index contributed by atoms with van der Waals surface area (Å²) in [4.78, 5) is 0. The van der Waals surface area contributed by atoms with Gasteiger partial charge in [-0.1, -0.05) is 13.3 Å². The largest absolute Gasteiger partial charge is 0.387 e. The second-order valence-electron chi connectivity index (χ2n) is 4.12. The van der Waals surface area contributed by atoms with Crippen molar-refractivity contribution in [1.82, 2.24) is 0 Å². The van der Waals surface area contributed by atoms with Crippen LogP contribution in [-0.4, -0.2) is 54.6 Å². The van der Waals surface area contributed by atoms with Crippen molar-refractivity contribution in [2.24, 2.45) is 0 Å². The number of aliphatic hydroxyl groups excluding tert-OH is 2. The fourth-order valence-corrected chi connectivity index (χ4v) is 1.80. The molecule has 0 spiro atoms. The van der Waals surface area contributed by atoms with Crippen molar-refractivity contribution in [3.05, 3.63) is 0 Å². The van der Waals surface area contributed by atoms with Crippen LogP contribution >= 0.6 is 0 Å². The Morgan fingerprint density at radius 3 is 2.50 bits per heavy atom. The molecule has 1 saturated heterocycles. The van der Waals surface area contributed by atoms with Crippen LogP contribution in [0.1, 0.15) is 26.7 Å². The first-order valence-electron chi connectivity index (χ1n) is 5.77. The molecule has 16 heavy (non-hydrogen) atoms. The summed E-state index contributed by atoms with van der Waals surface area (Å²) in [5.41, 5.74) is 0. The summed E-state index contributed by atoms with van der Waals surface area (Å²) < 4.78 is 15.9. The minimum Gasteiger partial charge on any atom is -0.387 e. The molecular formula is C11H22O5. The summed E-state index contributed by atoms with van der Waals surface area (Å²) >= 11 is 0. The van der Waals surface area contributed by atoms with E-state index in [2.05, 4.69) is 6.92 Å². The van der Waals surface area contributed by atoms with Gasteiger partial charge in [-0.15, -0.1) is 0 Å². The van der Waals surface area contributed by atoms with Crippen molar-refractivity contribution in [1.29, 1.82) is 0 Å². The van der Waals surface area contributed by atoms with E-state index >= 15 is 0 Å². The lowest BCUT2D eigenvalue weighted by molar-refractivity contribution is -0.293. The van der Waals surface area contributed by atoms with Crippen LogP contribution in [0.15, 0.2) is 0 Å². The van der Waals surface area contributed by atoms with E-state index in [1.165, 1.54) is 7.11 Å². The Hall–Kier alpha value is -0.200. The SMILES string of the molecule is CCCCO[C@H]1C(C)O[C@@H](OC)C(O)C1O. The summed E-state index contributed by atoms with van der Waals surface area (Å²) in [6, 6.07) is 0. The smallest absolute Gasteiger partial charge is 0.186 e. The summed E-state index contributed by atoms with van der Waals surface area (Å²) in [5, 5.41) is 19.6. The predicted octanol–water partition coefficient (Wildman–Crippen LogP) is 0.285. The third-order valence-corrected chi connectivity index (χ3v) is 2.82. The molecule has 1 heterocycles. The average Bonchev–Trinajstić information content (AvgIpc) is 2.28. The highest BCUT2D eigenvalue weighted by atomic mass is 16.7. The molecule has 1 rings (SSSR count). The van der Waals surface area contributed by atoms with Gasteiger partial charge in [-0.05, 0) is 13.3 Å². The molecule has 1 aliphatic heterocycles. The van der Waals surface area contributed by atoms with Crippen LogP contribution in [-0.2, 0) is 14.2 Å². The molecule has 0 amide bonds. The second-order valence-corrected chi connectivity index (χ2v) is 4.12. The maximum atomic E-state index is 9.87. The van der Waals surface area contributed by atoms with Crippen molar-refractivity contribution in [3.8, 4) is 0 Å². The van der Waals surface area contributed by atoms with E-state index in [0.29, 0.717) is 6.61 Å². The van der Waals surface area contributed by atoms with Crippen LogP contribution in [0.4, 0.5) is 0 Å². The first-order valence-corrected chi connectivity index (χ1v) is 5.77. The normalized spacial score (nSPS) is 39.9. The molecule has 0 aliphatic carbocycles. The summed E-state index contributed by atoms with van der Waals surface area (Å²) in [7, 11) is 1.44. The molecule has 5 nitrogen and oxygen atoms in total. The first kappa shape index (κ1) is 13.9. The molecule has 96 valence electrons. The van der Waals surface area contributed by atoms with Gasteiger partial charge in [0.25, 0.3) is 0 Å². The van der Waals surface area contributed by atoms with Gasteiger partial charge in [0.2, 0.25) is 0 Å². The van der Waals surface area contributed by atoms with Crippen molar-refractivity contribution >= 4 is 0 Å². The van der Waals surface area contributed by atoms with Gasteiger partial charge >= 0.3 is 0 Å². The highest BCUT2D eigenvalue weighted by Gasteiger charge is 2.43. The van der Waals surface area contributed by atoms with Gasteiger partial charge in [0.05, 0.1) is 6.10 Å². The second kappa shape index (κ2) is 6.51. The lowest BCUT2D eigenvalue weighted by Crippen LogP contribution is -2.58. The maximum absolute atomic E-state index is 9.87. The molecule has 0 aromatic rings. The molecule has 1 aliphatic rings. The molecular weight excluding hydrogens is 212 g/mol. The summed E-state index contributed by atoms with van der Waals surface area (Å²) in [5.74, 6) is 0. The number of ether oxygens (including phenoxy) is 3. The van der Waals surface area contributed by atoms with Gasteiger partial charge in [-0.2, -0.15) is 0 Å². The summed E-state index contributed by atoms with van der Waals surface area (Å²) in [6.45, 7) is 4.43. The van der Waals surface area contributed by atoms with E-state index in [1.807, 2.05) is 0 Å². The van der Waals surface area contributed by atoms with Crippen molar-refractivity contribution in [3.63, 3.8) is 0 Å². The minimum atomic E-state index is -1.06. The van der Waals surface area contributed by atoms with E-state index in [0.717, 1.165) is 12.8 Å². The Morgan fingerprint density at radius 1 is 1.25 bits per heavy atom. The topological polar surface area (TPSA) is 68.2 Å². The van der Waals surface area contributed by atoms with Crippen LogP contribution in [0.2, 0.25) is 0 Å². The van der Waals surface area contributed by atoms with Crippen molar-refractivity contribution in [2.45, 2.75) is 57.4 Å². The van der Waals surface area contributed by atoms with Gasteiger partial charge in [0, 0.05) is 13.7 Å². The van der Waals surface area contributed by atoms with Crippen LogP contribution in [0.3, 0.4) is 0 Å². The van der Waals surface area contributed by atoms with Crippen LogP contribution in [0, 0.1) is 0 Å². The number of hydrogen-bond donors (Lipinski definition) is 2. The van der Waals surface area contributed by atoms with Crippen LogP contribution in [0.25, 0.3) is 0 Å². The molecule has 0 saturated carbocycles. The third kappa shape index (κ3) is 3.15. The number of unbranched alkanes of at least 4 members (excludes halogenated alkanes) is 1. The number of hydrogen-bond acceptors (Lipinski definition) is 5. The fourth-order valence-electron chi connectivity index (χ4n) is 1.80. The van der Waals surface area contributed by atoms with Crippen LogP contribution in [0.5, 0.6) is 0 Å². The molecule has 0 aromatic heterocycles. The van der Waals surface area contributed by atoms with E-state index in [1.54, 1.807) is 6.92 Å². The highest BCUT2D eigenvalue weighted by molar-refractivity contribution is 4.88. The lowest BCUT2D eigenvalue weighted by Gasteiger charge is -2.40. The molecule has 3 unspecified atom stereocenters. The highest BCUT2D eigenvalue weighted by Crippen LogP contribution is 2.23. The molecule has 0 bridgehead atoms. The molecule has 2 N–H and O–H groups in total. The maximum Gasteiger partial charge on any atom is 0.186 e. The standard InChI is InChI=1S/C11H22O5/c1-4-5-6-15-10-7(2)16-11(14-3)9(13)8(10)12/h7-13H,4-6H2,1-3H3/t7?,8?,9?,10-,11+/m0/s1. The zero-order valence-corrected chi connectivity index (χ0v) is 10.1. The average molecular weight is 234 g/mol. The summed E-state index contributed by atoms with van der Waals surface area (Å²) in [6.07, 6.45) is -1.64. The Kier molecular flexibility index (Phi) is 5.64. The van der Waals surface area contributed by atoms with Crippen molar-refractivity contribution in [2.75, 3.05) is 13.7 Å². The van der Waals surface area contributed by atoms with E-state index in [9.17, 15) is 10.2 Å².